The molecule has 0 unspecified atom stereocenters. The first-order chi connectivity index (χ1) is 8.72. The predicted octanol–water partition coefficient (Wildman–Crippen LogP) is 2.24. The average molecular weight is 306 g/mol. The van der Waals surface area contributed by atoms with Crippen LogP contribution in [0.5, 0.6) is 17.2 Å². The van der Waals surface area contributed by atoms with E-state index in [9.17, 15) is 10.2 Å². The highest BCUT2D eigenvalue weighted by Crippen LogP contribution is 2.40. The molecule has 0 radical (unpaired) electrons. The Labute approximate surface area is 126 Å². The molecular weight excluding hydrogens is 282 g/mol. The van der Waals surface area contributed by atoms with E-state index in [0.717, 1.165) is 0 Å². The predicted molar refractivity (Wildman–Crippen MR) is 80.8 cm³/mol. The minimum Gasteiger partial charge on any atom is -0.507 e. The molecular formula is C14H24ClNO4. The van der Waals surface area contributed by atoms with Crippen molar-refractivity contribution in [1.82, 2.24) is 0 Å². The van der Waals surface area contributed by atoms with E-state index in [4.69, 9.17) is 15.2 Å². The SMILES string of the molecule is COc1cc(O)c([C@@H](N)[C@@H](O)C(C)(C)C)c(OC)c1.Cl. The largest absolute Gasteiger partial charge is 0.507 e. The maximum atomic E-state index is 10.3. The van der Waals surface area contributed by atoms with Gasteiger partial charge >= 0.3 is 0 Å². The number of nitrogens with two attached hydrogens (primary N) is 1. The summed E-state index contributed by atoms with van der Waals surface area (Å²) in [5.41, 5.74) is 6.04. The van der Waals surface area contributed by atoms with Crippen LogP contribution >= 0.6 is 12.4 Å². The first-order valence-electron chi connectivity index (χ1n) is 6.11. The summed E-state index contributed by atoms with van der Waals surface area (Å²) in [6.07, 6.45) is -0.819. The zero-order valence-corrected chi connectivity index (χ0v) is 13.3. The second-order valence-electron chi connectivity index (χ2n) is 5.60. The van der Waals surface area contributed by atoms with Gasteiger partial charge in [-0.2, -0.15) is 0 Å². The third-order valence-electron chi connectivity index (χ3n) is 3.11. The molecule has 0 fully saturated rings. The summed E-state index contributed by atoms with van der Waals surface area (Å²) in [6.45, 7) is 5.64. The van der Waals surface area contributed by atoms with E-state index in [-0.39, 0.29) is 18.2 Å². The molecule has 4 N–H and O–H groups in total. The fourth-order valence-corrected chi connectivity index (χ4v) is 1.91. The lowest BCUT2D eigenvalue weighted by molar-refractivity contribution is 0.0388. The first kappa shape index (κ1) is 18.8. The quantitative estimate of drug-likeness (QED) is 0.794. The summed E-state index contributed by atoms with van der Waals surface area (Å²) in [4.78, 5) is 0. The molecule has 0 amide bonds. The lowest BCUT2D eigenvalue weighted by atomic mass is 9.82. The van der Waals surface area contributed by atoms with E-state index < -0.39 is 17.6 Å². The lowest BCUT2D eigenvalue weighted by Crippen LogP contribution is -2.37. The summed E-state index contributed by atoms with van der Waals surface area (Å²) < 4.78 is 10.3. The molecule has 0 spiro atoms. The van der Waals surface area contributed by atoms with Crippen molar-refractivity contribution in [2.75, 3.05) is 14.2 Å². The van der Waals surface area contributed by atoms with E-state index in [1.54, 1.807) is 6.07 Å². The normalized spacial score (nSPS) is 14.2. The van der Waals surface area contributed by atoms with Crippen LogP contribution in [-0.4, -0.2) is 30.5 Å². The minimum atomic E-state index is -0.819. The van der Waals surface area contributed by atoms with Crippen molar-refractivity contribution < 1.29 is 19.7 Å². The first-order valence-corrected chi connectivity index (χ1v) is 6.11. The van der Waals surface area contributed by atoms with E-state index in [0.29, 0.717) is 17.1 Å². The van der Waals surface area contributed by atoms with Gasteiger partial charge in [-0.25, -0.2) is 0 Å². The smallest absolute Gasteiger partial charge is 0.131 e. The number of phenols is 1. The Morgan fingerprint density at radius 3 is 2.10 bits per heavy atom. The number of aromatic hydroxyl groups is 1. The highest BCUT2D eigenvalue weighted by atomic mass is 35.5. The highest BCUT2D eigenvalue weighted by Gasteiger charge is 2.32. The molecule has 6 heteroatoms. The van der Waals surface area contributed by atoms with Crippen molar-refractivity contribution in [2.24, 2.45) is 11.1 Å². The number of aliphatic hydroxyl groups is 1. The second-order valence-corrected chi connectivity index (χ2v) is 5.60. The minimum absolute atomic E-state index is 0. The van der Waals surface area contributed by atoms with Crippen LogP contribution in [-0.2, 0) is 0 Å². The van der Waals surface area contributed by atoms with Gasteiger partial charge in [0, 0.05) is 12.1 Å². The number of halogens is 1. The van der Waals surface area contributed by atoms with Crippen molar-refractivity contribution in [2.45, 2.75) is 32.9 Å². The monoisotopic (exact) mass is 305 g/mol. The molecule has 1 aromatic rings. The van der Waals surface area contributed by atoms with Crippen LogP contribution < -0.4 is 15.2 Å². The van der Waals surface area contributed by atoms with Crippen molar-refractivity contribution in [3.63, 3.8) is 0 Å². The van der Waals surface area contributed by atoms with E-state index in [1.165, 1.54) is 20.3 Å². The second kappa shape index (κ2) is 7.02. The maximum absolute atomic E-state index is 10.3. The number of aliphatic hydroxyl groups excluding tert-OH is 1. The van der Waals surface area contributed by atoms with Crippen molar-refractivity contribution >= 4 is 12.4 Å². The molecule has 0 aliphatic carbocycles. The lowest BCUT2D eigenvalue weighted by Gasteiger charge is -2.32. The molecule has 2 atom stereocenters. The van der Waals surface area contributed by atoms with E-state index >= 15 is 0 Å². The summed E-state index contributed by atoms with van der Waals surface area (Å²) in [6, 6.07) is 2.33. The van der Waals surface area contributed by atoms with Crippen molar-refractivity contribution in [1.29, 1.82) is 0 Å². The van der Waals surface area contributed by atoms with Gasteiger partial charge in [-0.3, -0.25) is 0 Å². The molecule has 20 heavy (non-hydrogen) atoms. The molecule has 0 bridgehead atoms. The van der Waals surface area contributed by atoms with Gasteiger partial charge in [0.2, 0.25) is 0 Å². The molecule has 116 valence electrons. The van der Waals surface area contributed by atoms with Gasteiger partial charge in [-0.1, -0.05) is 20.8 Å². The molecule has 0 aliphatic rings. The number of rotatable bonds is 4. The Morgan fingerprint density at radius 1 is 1.15 bits per heavy atom. The zero-order valence-electron chi connectivity index (χ0n) is 12.5. The average Bonchev–Trinajstić information content (AvgIpc) is 2.34. The van der Waals surface area contributed by atoms with Crippen LogP contribution in [0.4, 0.5) is 0 Å². The number of phenolic OH excluding ortho intramolecular Hbond substituents is 1. The number of ether oxygens (including phenoxy) is 2. The molecule has 0 saturated heterocycles. The van der Waals surface area contributed by atoms with Gasteiger partial charge in [-0.05, 0) is 5.41 Å². The fraction of sp³-hybridized carbons (Fsp3) is 0.571. The van der Waals surface area contributed by atoms with Gasteiger partial charge in [0.25, 0.3) is 0 Å². The van der Waals surface area contributed by atoms with E-state index in [1.807, 2.05) is 20.8 Å². The maximum Gasteiger partial charge on any atom is 0.131 e. The van der Waals surface area contributed by atoms with Gasteiger partial charge in [0.1, 0.15) is 17.2 Å². The van der Waals surface area contributed by atoms with Crippen molar-refractivity contribution in [3.8, 4) is 17.2 Å². The number of methoxy groups -OCH3 is 2. The number of hydrogen-bond acceptors (Lipinski definition) is 5. The van der Waals surface area contributed by atoms with Crippen molar-refractivity contribution in [3.05, 3.63) is 17.7 Å². The third-order valence-corrected chi connectivity index (χ3v) is 3.11. The van der Waals surface area contributed by atoms with E-state index in [2.05, 4.69) is 0 Å². The standard InChI is InChI=1S/C14H23NO4.ClH/c1-14(2,3)13(17)12(15)11-9(16)6-8(18-4)7-10(11)19-5;/h6-7,12-13,16-17H,15H2,1-5H3;1H/t12-,13-;/m1./s1. The highest BCUT2D eigenvalue weighted by molar-refractivity contribution is 5.85. The molecule has 5 nitrogen and oxygen atoms in total. The zero-order chi connectivity index (χ0) is 14.8. The summed E-state index contributed by atoms with van der Waals surface area (Å²) >= 11 is 0. The third kappa shape index (κ3) is 3.91. The van der Waals surface area contributed by atoms with Gasteiger partial charge < -0.3 is 25.4 Å². The molecule has 1 rings (SSSR count). The Hall–Kier alpha value is -1.17. The molecule has 0 aromatic heterocycles. The number of benzene rings is 1. The molecule has 0 saturated carbocycles. The van der Waals surface area contributed by atoms with Gasteiger partial charge in [0.15, 0.2) is 0 Å². The van der Waals surface area contributed by atoms with Crippen LogP contribution in [0.2, 0.25) is 0 Å². The summed E-state index contributed by atoms with van der Waals surface area (Å²) in [7, 11) is 2.98. The Kier molecular flexibility index (Phi) is 6.61. The molecule has 0 heterocycles. The van der Waals surface area contributed by atoms with Gasteiger partial charge in [0.05, 0.1) is 31.9 Å². The van der Waals surface area contributed by atoms with Crippen LogP contribution in [0.25, 0.3) is 0 Å². The topological polar surface area (TPSA) is 84.9 Å². The van der Waals surface area contributed by atoms with Crippen LogP contribution in [0.3, 0.4) is 0 Å². The summed E-state index contributed by atoms with van der Waals surface area (Å²) in [5.74, 6) is 0.815. The Balaban J connectivity index is 0.00000361. The van der Waals surface area contributed by atoms with Gasteiger partial charge in [-0.15, -0.1) is 12.4 Å². The van der Waals surface area contributed by atoms with Crippen LogP contribution in [0.1, 0.15) is 32.4 Å². The van der Waals surface area contributed by atoms with Crippen LogP contribution in [0.15, 0.2) is 12.1 Å². The molecule has 1 aromatic carbocycles. The Morgan fingerprint density at radius 2 is 1.70 bits per heavy atom. The molecule has 0 aliphatic heterocycles. The summed E-state index contributed by atoms with van der Waals surface area (Å²) in [5, 5.41) is 20.3. The Bertz CT molecular complexity index is 446. The fourth-order valence-electron chi connectivity index (χ4n) is 1.91. The van der Waals surface area contributed by atoms with Crippen LogP contribution in [0, 0.1) is 5.41 Å². The number of hydrogen-bond donors (Lipinski definition) is 3.